The SMILES string of the molecule is C=CCN(C(=O)[C@@H]1[C@H]2C(=O)N(CCCO)C(C(=O)N(CC=C)c3ccccc3Cl)C23CC[C@H]1S3)c1ccc(OCC)cc1. The van der Waals surface area contributed by atoms with E-state index in [2.05, 4.69) is 13.2 Å². The summed E-state index contributed by atoms with van der Waals surface area (Å²) in [7, 11) is 0. The molecule has 5 rings (SSSR count). The molecule has 2 aromatic carbocycles. The number of para-hydroxylation sites is 1. The molecule has 0 saturated carbocycles. The molecule has 3 heterocycles. The van der Waals surface area contributed by atoms with Gasteiger partial charge in [-0.1, -0.05) is 35.9 Å². The molecule has 2 unspecified atom stereocenters. The number of aliphatic hydroxyl groups excluding tert-OH is 1. The fourth-order valence-corrected chi connectivity index (χ4v) is 9.41. The van der Waals surface area contributed by atoms with Crippen LogP contribution in [0.4, 0.5) is 11.4 Å². The standard InChI is InChI=1S/C33H38ClN3O5S/c1-4-18-35(22-12-14-23(15-13-22)42-6-3)30(39)27-26-16-17-33(43-26)28(27)31(40)37(20-9-21-38)29(33)32(41)36(19-5-2)25-11-8-7-10-24(25)34/h4-5,7-8,10-15,26-29,38H,1-2,6,9,16-21H2,3H3/t26-,27+,28+,29?,33?/m1/s1. The normalized spacial score (nSPS) is 25.4. The highest BCUT2D eigenvalue weighted by molar-refractivity contribution is 8.02. The molecule has 43 heavy (non-hydrogen) atoms. The Kier molecular flexibility index (Phi) is 9.54. The van der Waals surface area contributed by atoms with Crippen molar-refractivity contribution in [1.29, 1.82) is 0 Å². The average Bonchev–Trinajstić information content (AvgIpc) is 3.65. The molecule has 2 bridgehead atoms. The van der Waals surface area contributed by atoms with Crippen molar-refractivity contribution < 1.29 is 24.2 Å². The summed E-state index contributed by atoms with van der Waals surface area (Å²) in [5.41, 5.74) is 1.24. The van der Waals surface area contributed by atoms with Crippen molar-refractivity contribution >= 4 is 52.5 Å². The maximum atomic E-state index is 14.6. The van der Waals surface area contributed by atoms with Gasteiger partial charge in [0.2, 0.25) is 11.8 Å². The van der Waals surface area contributed by atoms with Crippen molar-refractivity contribution in [3.63, 3.8) is 0 Å². The monoisotopic (exact) mass is 623 g/mol. The number of ether oxygens (including phenoxy) is 1. The molecule has 0 aromatic heterocycles. The lowest BCUT2D eigenvalue weighted by atomic mass is 9.70. The Morgan fingerprint density at radius 2 is 1.81 bits per heavy atom. The number of hydrogen-bond donors (Lipinski definition) is 1. The molecular formula is C33H38ClN3O5S. The number of carbonyl (C=O) groups excluding carboxylic acids is 3. The van der Waals surface area contributed by atoms with Crippen LogP contribution in [0.25, 0.3) is 0 Å². The summed E-state index contributed by atoms with van der Waals surface area (Å²) in [6.45, 7) is 10.8. The zero-order valence-electron chi connectivity index (χ0n) is 24.4. The fourth-order valence-electron chi connectivity index (χ4n) is 6.97. The number of fused-ring (bicyclic) bond motifs is 1. The molecular weight excluding hydrogens is 586 g/mol. The van der Waals surface area contributed by atoms with Gasteiger partial charge in [0.25, 0.3) is 5.91 Å². The van der Waals surface area contributed by atoms with Gasteiger partial charge in [-0.15, -0.1) is 24.9 Å². The second kappa shape index (κ2) is 13.2. The molecule has 10 heteroatoms. The zero-order chi connectivity index (χ0) is 30.7. The maximum Gasteiger partial charge on any atom is 0.251 e. The van der Waals surface area contributed by atoms with E-state index in [9.17, 15) is 19.5 Å². The minimum absolute atomic E-state index is 0.0973. The lowest BCUT2D eigenvalue weighted by Gasteiger charge is -2.37. The molecule has 0 aliphatic carbocycles. The van der Waals surface area contributed by atoms with E-state index in [-0.39, 0.29) is 49.2 Å². The van der Waals surface area contributed by atoms with E-state index < -0.39 is 22.6 Å². The van der Waals surface area contributed by atoms with Crippen LogP contribution in [0.1, 0.15) is 26.2 Å². The number of thioether (sulfide) groups is 1. The first-order valence-electron chi connectivity index (χ1n) is 14.7. The van der Waals surface area contributed by atoms with Crippen LogP contribution in [-0.2, 0) is 14.4 Å². The van der Waals surface area contributed by atoms with Crippen LogP contribution >= 0.6 is 23.4 Å². The first kappa shape index (κ1) is 31.2. The van der Waals surface area contributed by atoms with Crippen LogP contribution < -0.4 is 14.5 Å². The van der Waals surface area contributed by atoms with Crippen molar-refractivity contribution in [2.45, 2.75) is 42.2 Å². The molecule has 0 radical (unpaired) electrons. The predicted octanol–water partition coefficient (Wildman–Crippen LogP) is 4.95. The number of halogens is 1. The first-order chi connectivity index (χ1) is 20.8. The number of carbonyl (C=O) groups is 3. The summed E-state index contributed by atoms with van der Waals surface area (Å²) in [5, 5.41) is 10.0. The van der Waals surface area contributed by atoms with Gasteiger partial charge in [0.15, 0.2) is 0 Å². The first-order valence-corrected chi connectivity index (χ1v) is 16.0. The minimum Gasteiger partial charge on any atom is -0.494 e. The highest BCUT2D eigenvalue weighted by atomic mass is 35.5. The molecule has 1 spiro atoms. The summed E-state index contributed by atoms with van der Waals surface area (Å²) in [4.78, 5) is 48.2. The van der Waals surface area contributed by atoms with Gasteiger partial charge in [-0.3, -0.25) is 14.4 Å². The van der Waals surface area contributed by atoms with Crippen LogP contribution in [-0.4, -0.2) is 76.6 Å². The summed E-state index contributed by atoms with van der Waals surface area (Å²) in [5.74, 6) is -1.16. The largest absolute Gasteiger partial charge is 0.494 e. The average molecular weight is 624 g/mol. The summed E-state index contributed by atoms with van der Waals surface area (Å²) in [6, 6.07) is 13.7. The zero-order valence-corrected chi connectivity index (χ0v) is 25.9. The van der Waals surface area contributed by atoms with Gasteiger partial charge in [-0.25, -0.2) is 0 Å². The van der Waals surface area contributed by atoms with Crippen LogP contribution in [0.15, 0.2) is 73.8 Å². The molecule has 1 N–H and O–H groups in total. The Balaban J connectivity index is 1.53. The van der Waals surface area contributed by atoms with E-state index in [0.717, 1.165) is 6.42 Å². The Morgan fingerprint density at radius 3 is 2.47 bits per heavy atom. The Labute approximate surface area is 262 Å². The lowest BCUT2D eigenvalue weighted by molar-refractivity contribution is -0.139. The highest BCUT2D eigenvalue weighted by Crippen LogP contribution is 2.67. The number of rotatable bonds is 13. The van der Waals surface area contributed by atoms with Gasteiger partial charge < -0.3 is 24.5 Å². The number of hydrogen-bond acceptors (Lipinski definition) is 6. The minimum atomic E-state index is -0.807. The smallest absolute Gasteiger partial charge is 0.251 e. The van der Waals surface area contributed by atoms with Crippen LogP contribution in [0, 0.1) is 11.8 Å². The second-order valence-electron chi connectivity index (χ2n) is 11.0. The van der Waals surface area contributed by atoms with E-state index in [1.165, 1.54) is 0 Å². The summed E-state index contributed by atoms with van der Waals surface area (Å²) < 4.78 is 4.81. The van der Waals surface area contributed by atoms with Crippen molar-refractivity contribution in [2.75, 3.05) is 42.6 Å². The number of aliphatic hydroxyl groups is 1. The Hall–Kier alpha value is -3.27. The molecule has 3 aliphatic heterocycles. The summed E-state index contributed by atoms with van der Waals surface area (Å²) in [6.07, 6.45) is 5.01. The van der Waals surface area contributed by atoms with Crippen LogP contribution in [0.5, 0.6) is 5.75 Å². The Bertz CT molecular complexity index is 1390. The Morgan fingerprint density at radius 1 is 1.12 bits per heavy atom. The van der Waals surface area contributed by atoms with Crippen LogP contribution in [0.3, 0.4) is 0 Å². The number of amides is 3. The van der Waals surface area contributed by atoms with Crippen molar-refractivity contribution in [2.24, 2.45) is 11.8 Å². The number of anilines is 2. The van der Waals surface area contributed by atoms with Crippen molar-refractivity contribution in [3.8, 4) is 5.75 Å². The fraction of sp³-hybridized carbons (Fsp3) is 0.424. The summed E-state index contributed by atoms with van der Waals surface area (Å²) >= 11 is 8.16. The number of nitrogens with zero attached hydrogens (tertiary/aromatic N) is 3. The molecule has 3 saturated heterocycles. The third-order valence-electron chi connectivity index (χ3n) is 8.63. The van der Waals surface area contributed by atoms with E-state index in [0.29, 0.717) is 41.6 Å². The quantitative estimate of drug-likeness (QED) is 0.318. The third kappa shape index (κ3) is 5.47. The highest BCUT2D eigenvalue weighted by Gasteiger charge is 2.74. The van der Waals surface area contributed by atoms with Gasteiger partial charge >= 0.3 is 0 Å². The molecule has 3 fully saturated rings. The molecule has 2 aromatic rings. The van der Waals surface area contributed by atoms with E-state index in [1.54, 1.807) is 56.8 Å². The van der Waals surface area contributed by atoms with Gasteiger partial charge in [0.05, 0.1) is 33.9 Å². The predicted molar refractivity (Wildman–Crippen MR) is 172 cm³/mol. The van der Waals surface area contributed by atoms with E-state index >= 15 is 0 Å². The van der Waals surface area contributed by atoms with Gasteiger partial charge in [0.1, 0.15) is 11.8 Å². The topological polar surface area (TPSA) is 90.4 Å². The molecule has 3 amide bonds. The maximum absolute atomic E-state index is 14.6. The van der Waals surface area contributed by atoms with E-state index in [4.69, 9.17) is 16.3 Å². The lowest BCUT2D eigenvalue weighted by Crippen LogP contribution is -2.55. The third-order valence-corrected chi connectivity index (χ3v) is 10.9. The molecule has 3 aliphatic rings. The van der Waals surface area contributed by atoms with Crippen molar-refractivity contribution in [1.82, 2.24) is 4.90 Å². The number of likely N-dealkylation sites (tertiary alicyclic amines) is 1. The second-order valence-corrected chi connectivity index (χ2v) is 13.0. The van der Waals surface area contributed by atoms with Gasteiger partial charge in [-0.2, -0.15) is 0 Å². The van der Waals surface area contributed by atoms with Crippen molar-refractivity contribution in [3.05, 3.63) is 78.9 Å². The van der Waals surface area contributed by atoms with Crippen LogP contribution in [0.2, 0.25) is 5.02 Å². The molecule has 5 atom stereocenters. The van der Waals surface area contributed by atoms with Gasteiger partial charge in [0, 0.05) is 37.2 Å². The van der Waals surface area contributed by atoms with Gasteiger partial charge in [-0.05, 0) is 62.6 Å². The molecule has 228 valence electrons. The molecule has 8 nitrogen and oxygen atoms in total. The number of benzene rings is 2. The van der Waals surface area contributed by atoms with E-state index in [1.807, 2.05) is 37.3 Å².